The molecule has 2 unspecified atom stereocenters. The van der Waals surface area contributed by atoms with E-state index in [-0.39, 0.29) is 18.6 Å². The summed E-state index contributed by atoms with van der Waals surface area (Å²) in [4.78, 5) is 10.8. The molecule has 0 aliphatic rings. The van der Waals surface area contributed by atoms with Gasteiger partial charge in [0, 0.05) is 6.04 Å². The molecule has 84 valence electrons. The van der Waals surface area contributed by atoms with Gasteiger partial charge in [0.25, 0.3) is 0 Å². The maximum Gasteiger partial charge on any atom is 0.320 e. The quantitative estimate of drug-likeness (QED) is 0.573. The summed E-state index contributed by atoms with van der Waals surface area (Å²) in [6.07, 6.45) is 1.42. The van der Waals surface area contributed by atoms with Crippen LogP contribution in [0.4, 0.5) is 0 Å². The highest BCUT2D eigenvalue weighted by Crippen LogP contribution is 2.05. The molecule has 0 aromatic carbocycles. The number of carboxylic acids is 1. The smallest absolute Gasteiger partial charge is 0.320 e. The second kappa shape index (κ2) is 6.79. The maximum absolute atomic E-state index is 10.8. The van der Waals surface area contributed by atoms with E-state index in [2.05, 4.69) is 5.32 Å². The van der Waals surface area contributed by atoms with Crippen LogP contribution in [0.5, 0.6) is 0 Å². The highest BCUT2D eigenvalue weighted by molar-refractivity contribution is 5.73. The Kier molecular flexibility index (Phi) is 6.49. The maximum atomic E-state index is 10.8. The van der Waals surface area contributed by atoms with Gasteiger partial charge in [0.2, 0.25) is 0 Å². The average molecular weight is 203 g/mol. The molecule has 0 fully saturated rings. The van der Waals surface area contributed by atoms with Crippen LogP contribution in [0.3, 0.4) is 0 Å². The molecule has 4 nitrogen and oxygen atoms in total. The first-order valence-electron chi connectivity index (χ1n) is 5.12. The summed E-state index contributed by atoms with van der Waals surface area (Å²) >= 11 is 0. The van der Waals surface area contributed by atoms with Crippen molar-refractivity contribution in [2.24, 2.45) is 5.92 Å². The van der Waals surface area contributed by atoms with Crippen molar-refractivity contribution in [3.8, 4) is 0 Å². The van der Waals surface area contributed by atoms with Gasteiger partial charge in [0.15, 0.2) is 0 Å². The number of hydrogen-bond acceptors (Lipinski definition) is 3. The molecule has 0 aromatic rings. The van der Waals surface area contributed by atoms with Crippen molar-refractivity contribution in [2.75, 3.05) is 6.61 Å². The van der Waals surface area contributed by atoms with E-state index in [0.717, 1.165) is 6.42 Å². The molecule has 0 radical (unpaired) electrons. The summed E-state index contributed by atoms with van der Waals surface area (Å²) in [7, 11) is 0. The average Bonchev–Trinajstić information content (AvgIpc) is 2.11. The van der Waals surface area contributed by atoms with Gasteiger partial charge in [0.05, 0.1) is 6.61 Å². The van der Waals surface area contributed by atoms with Crippen LogP contribution >= 0.6 is 0 Å². The van der Waals surface area contributed by atoms with Gasteiger partial charge in [-0.2, -0.15) is 0 Å². The molecule has 0 saturated carbocycles. The summed E-state index contributed by atoms with van der Waals surface area (Å²) < 4.78 is 0. The zero-order valence-electron chi connectivity index (χ0n) is 9.16. The van der Waals surface area contributed by atoms with Crippen molar-refractivity contribution in [1.29, 1.82) is 0 Å². The molecule has 0 aliphatic heterocycles. The zero-order valence-corrected chi connectivity index (χ0v) is 9.16. The first kappa shape index (κ1) is 13.4. The lowest BCUT2D eigenvalue weighted by molar-refractivity contribution is -0.140. The third-order valence-electron chi connectivity index (χ3n) is 2.29. The third-order valence-corrected chi connectivity index (χ3v) is 2.29. The van der Waals surface area contributed by atoms with E-state index in [9.17, 15) is 4.79 Å². The number of aliphatic carboxylic acids is 1. The van der Waals surface area contributed by atoms with Gasteiger partial charge < -0.3 is 10.2 Å². The predicted molar refractivity (Wildman–Crippen MR) is 55.2 cm³/mol. The molecule has 0 rings (SSSR count). The van der Waals surface area contributed by atoms with Crippen molar-refractivity contribution < 1.29 is 15.0 Å². The van der Waals surface area contributed by atoms with Crippen molar-refractivity contribution in [2.45, 2.75) is 45.7 Å². The van der Waals surface area contributed by atoms with Crippen molar-refractivity contribution in [3.63, 3.8) is 0 Å². The molecule has 2 atom stereocenters. The van der Waals surface area contributed by atoms with E-state index < -0.39 is 12.0 Å². The first-order valence-corrected chi connectivity index (χ1v) is 5.12. The molecule has 0 aliphatic carbocycles. The molecule has 3 N–H and O–H groups in total. The second-order valence-corrected chi connectivity index (χ2v) is 3.88. The van der Waals surface area contributed by atoms with E-state index in [1.54, 1.807) is 0 Å². The number of nitrogens with one attached hydrogen (secondary N) is 1. The van der Waals surface area contributed by atoms with Gasteiger partial charge in [-0.15, -0.1) is 0 Å². The standard InChI is InChI=1S/C10H21NO3/c1-4-5-8(10(13)14)11-9(6-12)7(2)3/h7-9,11-12H,4-6H2,1-3H3,(H,13,14). The zero-order chi connectivity index (χ0) is 11.1. The molecule has 0 bridgehead atoms. The summed E-state index contributed by atoms with van der Waals surface area (Å²) in [6.45, 7) is 5.84. The van der Waals surface area contributed by atoms with Crippen LogP contribution in [-0.4, -0.2) is 34.9 Å². The number of carboxylic acid groups (broad SMARTS) is 1. The Morgan fingerprint density at radius 2 is 2.00 bits per heavy atom. The molecule has 0 saturated heterocycles. The number of aliphatic hydroxyl groups excluding tert-OH is 1. The summed E-state index contributed by atoms with van der Waals surface area (Å²) in [6, 6.07) is -0.679. The Morgan fingerprint density at radius 3 is 2.29 bits per heavy atom. The van der Waals surface area contributed by atoms with Crippen LogP contribution in [-0.2, 0) is 4.79 Å². The lowest BCUT2D eigenvalue weighted by Crippen LogP contribution is -2.47. The molecule has 0 spiro atoms. The lowest BCUT2D eigenvalue weighted by Gasteiger charge is -2.24. The third kappa shape index (κ3) is 4.58. The lowest BCUT2D eigenvalue weighted by atomic mass is 10.0. The van der Waals surface area contributed by atoms with Gasteiger partial charge >= 0.3 is 5.97 Å². The van der Waals surface area contributed by atoms with Gasteiger partial charge in [-0.3, -0.25) is 10.1 Å². The van der Waals surface area contributed by atoms with Crippen LogP contribution in [0, 0.1) is 5.92 Å². The fraction of sp³-hybridized carbons (Fsp3) is 0.900. The minimum absolute atomic E-state index is 0.0227. The van der Waals surface area contributed by atoms with E-state index in [0.29, 0.717) is 6.42 Å². The largest absolute Gasteiger partial charge is 0.480 e. The van der Waals surface area contributed by atoms with E-state index in [1.807, 2.05) is 20.8 Å². The number of carbonyl (C=O) groups is 1. The Hall–Kier alpha value is -0.610. The summed E-state index contributed by atoms with van der Waals surface area (Å²) in [5.74, 6) is -0.607. The Balaban J connectivity index is 4.18. The molecule has 14 heavy (non-hydrogen) atoms. The van der Waals surface area contributed by atoms with Crippen LogP contribution in [0.15, 0.2) is 0 Å². The van der Waals surface area contributed by atoms with Gasteiger partial charge in [-0.05, 0) is 12.3 Å². The van der Waals surface area contributed by atoms with Crippen molar-refractivity contribution >= 4 is 5.97 Å². The molecule has 0 aromatic heterocycles. The second-order valence-electron chi connectivity index (χ2n) is 3.88. The predicted octanol–water partition coefficient (Wildman–Crippen LogP) is 0.846. The fourth-order valence-electron chi connectivity index (χ4n) is 1.28. The van der Waals surface area contributed by atoms with Crippen LogP contribution in [0.1, 0.15) is 33.6 Å². The molecule has 4 heteroatoms. The van der Waals surface area contributed by atoms with Crippen LogP contribution in [0.25, 0.3) is 0 Å². The number of hydrogen-bond donors (Lipinski definition) is 3. The van der Waals surface area contributed by atoms with Gasteiger partial charge in [0.1, 0.15) is 6.04 Å². The minimum Gasteiger partial charge on any atom is -0.480 e. The van der Waals surface area contributed by atoms with Crippen LogP contribution < -0.4 is 5.32 Å². The SMILES string of the molecule is CCCC(NC(CO)C(C)C)C(=O)O. The molecular weight excluding hydrogens is 182 g/mol. The van der Waals surface area contributed by atoms with E-state index in [4.69, 9.17) is 10.2 Å². The monoisotopic (exact) mass is 203 g/mol. The van der Waals surface area contributed by atoms with Crippen molar-refractivity contribution in [3.05, 3.63) is 0 Å². The van der Waals surface area contributed by atoms with E-state index in [1.165, 1.54) is 0 Å². The summed E-state index contributed by atoms with van der Waals surface area (Å²) in [5.41, 5.74) is 0. The Morgan fingerprint density at radius 1 is 1.43 bits per heavy atom. The minimum atomic E-state index is -0.842. The highest BCUT2D eigenvalue weighted by atomic mass is 16.4. The van der Waals surface area contributed by atoms with Gasteiger partial charge in [-0.25, -0.2) is 0 Å². The first-order chi connectivity index (χ1) is 6.52. The fourth-order valence-corrected chi connectivity index (χ4v) is 1.28. The number of aliphatic hydroxyl groups is 1. The Labute approximate surface area is 85.3 Å². The summed E-state index contributed by atoms with van der Waals surface area (Å²) in [5, 5.41) is 20.9. The van der Waals surface area contributed by atoms with E-state index >= 15 is 0 Å². The molecule has 0 amide bonds. The van der Waals surface area contributed by atoms with Crippen LogP contribution in [0.2, 0.25) is 0 Å². The van der Waals surface area contributed by atoms with Crippen molar-refractivity contribution in [1.82, 2.24) is 5.32 Å². The van der Waals surface area contributed by atoms with Gasteiger partial charge in [-0.1, -0.05) is 27.2 Å². The highest BCUT2D eigenvalue weighted by Gasteiger charge is 2.21. The number of rotatable bonds is 7. The molecular formula is C10H21NO3. The Bertz CT molecular complexity index is 171. The normalized spacial score (nSPS) is 15.5. The topological polar surface area (TPSA) is 69.6 Å². The molecule has 0 heterocycles.